The van der Waals surface area contributed by atoms with Gasteiger partial charge in [-0.25, -0.2) is 0 Å². The quantitative estimate of drug-likeness (QED) is 0.155. The van der Waals surface area contributed by atoms with E-state index in [9.17, 15) is 0 Å². The van der Waals surface area contributed by atoms with Crippen molar-refractivity contribution in [3.63, 3.8) is 0 Å². The van der Waals surface area contributed by atoms with Crippen molar-refractivity contribution in [2.24, 2.45) is 17.8 Å². The predicted octanol–water partition coefficient (Wildman–Crippen LogP) is 16.9. The molecule has 3 atom stereocenters. The second-order valence-corrected chi connectivity index (χ2v) is 19.3. The Morgan fingerprint density at radius 1 is 0.500 bits per heavy atom. The molecule has 0 saturated heterocycles. The Bertz CT molecular complexity index is 3360. The average Bonchev–Trinajstić information content (AvgIpc) is 3.86. The third-order valence-corrected chi connectivity index (χ3v) is 16.1. The van der Waals surface area contributed by atoms with Crippen molar-refractivity contribution in [3.05, 3.63) is 237 Å². The Balaban J connectivity index is 1.07. The maximum atomic E-state index is 2.67. The standard InChI is InChI=1S/C64H50/c1-6-18-39(19-7-1)44-32-33-45-35-56-61-46(50(45)34-44)28-16-31-49(61)63-58(42-24-12-4-13-25-42)57-38-55-54-37-52(41-22-10-3-11-23-41)51(40-20-8-2-9-21-40)36-53(54)47-29-17-30-48(60(47)55)62(57)59(64(56)63)43-26-14-5-15-27-43/h1-2,4-6,8,10,12-18,20,22-31,34-36,38,46,52,61H,3,7,9,11,19,21,32-33,37H2. The van der Waals surface area contributed by atoms with E-state index in [1.54, 1.807) is 11.1 Å². The summed E-state index contributed by atoms with van der Waals surface area (Å²) in [5.41, 5.74) is 27.8. The summed E-state index contributed by atoms with van der Waals surface area (Å²) >= 11 is 0. The van der Waals surface area contributed by atoms with Crippen molar-refractivity contribution in [2.75, 3.05) is 0 Å². The minimum Gasteiger partial charge on any atom is -0.0842 e. The summed E-state index contributed by atoms with van der Waals surface area (Å²) < 4.78 is 0. The molecule has 0 spiro atoms. The molecule has 64 heavy (non-hydrogen) atoms. The lowest BCUT2D eigenvalue weighted by molar-refractivity contribution is 0.656. The van der Waals surface area contributed by atoms with Crippen molar-refractivity contribution >= 4 is 43.8 Å². The highest BCUT2D eigenvalue weighted by Gasteiger charge is 2.46. The molecule has 306 valence electrons. The van der Waals surface area contributed by atoms with Crippen LogP contribution in [0.2, 0.25) is 0 Å². The van der Waals surface area contributed by atoms with Gasteiger partial charge in [0.05, 0.1) is 0 Å². The van der Waals surface area contributed by atoms with Gasteiger partial charge < -0.3 is 0 Å². The normalized spacial score (nSPS) is 23.5. The van der Waals surface area contributed by atoms with E-state index in [4.69, 9.17) is 0 Å². The van der Waals surface area contributed by atoms with Gasteiger partial charge in [-0.1, -0.05) is 164 Å². The number of hydrogen-bond acceptors (Lipinski definition) is 0. The Morgan fingerprint density at radius 2 is 1.28 bits per heavy atom. The van der Waals surface area contributed by atoms with Gasteiger partial charge in [-0.15, -0.1) is 0 Å². The number of allylic oxidation sites excluding steroid dienone is 26. The van der Waals surface area contributed by atoms with Crippen molar-refractivity contribution in [2.45, 2.75) is 57.8 Å². The molecule has 5 aromatic carbocycles. The summed E-state index contributed by atoms with van der Waals surface area (Å²) in [5.74, 6) is 0.950. The van der Waals surface area contributed by atoms with E-state index in [0.29, 0.717) is 11.8 Å². The fourth-order valence-corrected chi connectivity index (χ4v) is 13.3. The maximum Gasteiger partial charge on any atom is 0.0206 e. The van der Waals surface area contributed by atoms with Gasteiger partial charge in [-0.2, -0.15) is 0 Å². The van der Waals surface area contributed by atoms with E-state index >= 15 is 0 Å². The first kappa shape index (κ1) is 36.7. The van der Waals surface area contributed by atoms with Crippen LogP contribution in [0.1, 0.15) is 80.0 Å². The summed E-state index contributed by atoms with van der Waals surface area (Å²) in [5, 5.41) is 5.60. The molecule has 0 N–H and O–H groups in total. The van der Waals surface area contributed by atoms with Crippen molar-refractivity contribution < 1.29 is 0 Å². The van der Waals surface area contributed by atoms with Crippen LogP contribution in [0, 0.1) is 17.8 Å². The molecule has 5 aromatic rings. The average molecular weight is 819 g/mol. The van der Waals surface area contributed by atoms with Gasteiger partial charge in [0, 0.05) is 17.8 Å². The second-order valence-electron chi connectivity index (χ2n) is 19.3. The molecular formula is C64H50. The smallest absolute Gasteiger partial charge is 0.0206 e. The lowest BCUT2D eigenvalue weighted by Crippen LogP contribution is -2.22. The van der Waals surface area contributed by atoms with Crippen molar-refractivity contribution in [1.82, 2.24) is 0 Å². The number of hydrogen-bond donors (Lipinski definition) is 0. The van der Waals surface area contributed by atoms with Crippen LogP contribution in [0.25, 0.3) is 66.1 Å². The highest BCUT2D eigenvalue weighted by Crippen LogP contribution is 2.64. The molecule has 14 rings (SSSR count). The molecule has 0 heteroatoms. The molecule has 0 bridgehead atoms. The first-order valence-corrected chi connectivity index (χ1v) is 24.1. The summed E-state index contributed by atoms with van der Waals surface area (Å²) in [7, 11) is 0. The van der Waals surface area contributed by atoms with Gasteiger partial charge in [0.1, 0.15) is 0 Å². The van der Waals surface area contributed by atoms with E-state index in [1.165, 1.54) is 116 Å². The highest BCUT2D eigenvalue weighted by molar-refractivity contribution is 6.30. The monoisotopic (exact) mass is 818 g/mol. The van der Waals surface area contributed by atoms with E-state index in [-0.39, 0.29) is 5.92 Å². The topological polar surface area (TPSA) is 0 Å². The third-order valence-electron chi connectivity index (χ3n) is 16.1. The first-order chi connectivity index (χ1) is 31.8. The predicted molar refractivity (Wildman–Crippen MR) is 271 cm³/mol. The van der Waals surface area contributed by atoms with Crippen LogP contribution < -0.4 is 0 Å². The van der Waals surface area contributed by atoms with Crippen molar-refractivity contribution in [3.8, 4) is 22.3 Å². The summed E-state index contributed by atoms with van der Waals surface area (Å²) in [6.07, 6.45) is 46.7. The van der Waals surface area contributed by atoms with Crippen LogP contribution in [-0.2, 0) is 0 Å². The molecule has 9 aliphatic rings. The molecule has 0 fully saturated rings. The number of rotatable bonds is 5. The van der Waals surface area contributed by atoms with Crippen LogP contribution in [-0.4, -0.2) is 0 Å². The zero-order valence-corrected chi connectivity index (χ0v) is 36.3. The summed E-state index contributed by atoms with van der Waals surface area (Å²) in [6.45, 7) is 0. The fraction of sp³-hybridized carbons (Fsp3) is 0.188. The molecule has 0 saturated carbocycles. The molecule has 0 aromatic heterocycles. The molecule has 0 radical (unpaired) electrons. The molecular weight excluding hydrogens is 769 g/mol. The maximum absolute atomic E-state index is 2.67. The zero-order chi connectivity index (χ0) is 41.9. The third kappa shape index (κ3) is 5.35. The lowest BCUT2D eigenvalue weighted by Gasteiger charge is -2.35. The van der Waals surface area contributed by atoms with Crippen LogP contribution in [0.5, 0.6) is 0 Å². The number of benzene rings is 5. The summed E-state index contributed by atoms with van der Waals surface area (Å²) in [4.78, 5) is 0. The molecule has 0 aliphatic heterocycles. The van der Waals surface area contributed by atoms with Gasteiger partial charge in [-0.3, -0.25) is 0 Å². The molecule has 0 heterocycles. The largest absolute Gasteiger partial charge is 0.0842 e. The van der Waals surface area contributed by atoms with E-state index in [1.807, 2.05) is 0 Å². The Labute approximate surface area is 377 Å². The molecule has 3 unspecified atom stereocenters. The molecule has 0 nitrogen and oxygen atoms in total. The SMILES string of the molecule is C1=CCCC(C2=CC3=C(C=C4c5c(c(-c6ccccc6)c6cc7c8c(cccc8c6c5-c5ccccc5)C5=C7CC(C6=CCCC=C6)C(C6=CC=CCC6)=C5)C5=CC=CC3C54)CC2)=C1. The Kier molecular flexibility index (Phi) is 8.25. The van der Waals surface area contributed by atoms with Gasteiger partial charge in [-0.05, 0) is 197 Å². The van der Waals surface area contributed by atoms with Gasteiger partial charge in [0.15, 0.2) is 0 Å². The minimum atomic E-state index is 0.281. The molecule has 9 aliphatic carbocycles. The Hall–Kier alpha value is -6.76. The van der Waals surface area contributed by atoms with E-state index in [0.717, 1.165) is 57.8 Å². The van der Waals surface area contributed by atoms with Crippen LogP contribution in [0.4, 0.5) is 0 Å². The second kappa shape index (κ2) is 14.4. The highest BCUT2D eigenvalue weighted by atomic mass is 14.5. The van der Waals surface area contributed by atoms with E-state index < -0.39 is 0 Å². The molecule has 0 amide bonds. The minimum absolute atomic E-state index is 0.281. The van der Waals surface area contributed by atoms with Crippen LogP contribution in [0.3, 0.4) is 0 Å². The van der Waals surface area contributed by atoms with Crippen molar-refractivity contribution in [1.29, 1.82) is 0 Å². The van der Waals surface area contributed by atoms with Gasteiger partial charge in [0.2, 0.25) is 0 Å². The van der Waals surface area contributed by atoms with E-state index in [2.05, 4.69) is 176 Å². The van der Waals surface area contributed by atoms with Gasteiger partial charge in [0.25, 0.3) is 0 Å². The fourth-order valence-electron chi connectivity index (χ4n) is 13.3. The first-order valence-electron chi connectivity index (χ1n) is 24.1. The lowest BCUT2D eigenvalue weighted by atomic mass is 9.68. The Morgan fingerprint density at radius 3 is 2.05 bits per heavy atom. The van der Waals surface area contributed by atoms with Crippen LogP contribution >= 0.6 is 0 Å². The van der Waals surface area contributed by atoms with Gasteiger partial charge >= 0.3 is 0 Å². The summed E-state index contributed by atoms with van der Waals surface area (Å²) in [6, 6.07) is 32.8. The number of fused-ring (bicyclic) bond motifs is 8. The zero-order valence-electron chi connectivity index (χ0n) is 36.3. The van der Waals surface area contributed by atoms with Crippen LogP contribution in [0.15, 0.2) is 215 Å².